The lowest BCUT2D eigenvalue weighted by molar-refractivity contribution is 0.0472. The highest BCUT2D eigenvalue weighted by Crippen LogP contribution is 2.35. The molecular weight excluding hydrogens is 445 g/mol. The molecule has 0 saturated heterocycles. The van der Waals surface area contributed by atoms with Crippen molar-refractivity contribution in [1.82, 2.24) is 0 Å². The normalized spacial score (nSPS) is 13.2. The zero-order valence-corrected chi connectivity index (χ0v) is 18.0. The Labute approximate surface area is 184 Å². The summed E-state index contributed by atoms with van der Waals surface area (Å²) in [6, 6.07) is 18.4. The summed E-state index contributed by atoms with van der Waals surface area (Å²) in [5, 5.41) is 0.583. The van der Waals surface area contributed by atoms with E-state index in [1.807, 2.05) is 12.1 Å². The molecule has 0 fully saturated rings. The summed E-state index contributed by atoms with van der Waals surface area (Å²) in [5.74, 6) is -0.648. The molecule has 0 aliphatic carbocycles. The number of esters is 1. The number of sulfonamides is 1. The number of para-hydroxylation sites is 1. The standard InChI is InChI=1S/C22H17Cl2NO4S/c23-18-6-3-4-15(12-18)14-29-22(26)17-8-9-19(24)21(13-17)30(27,28)25-11-10-16-5-1-2-7-20(16)25/h1-9,12-13H,10-11,14H2. The van der Waals surface area contributed by atoms with Gasteiger partial charge in [0.15, 0.2) is 0 Å². The zero-order valence-electron chi connectivity index (χ0n) is 15.7. The van der Waals surface area contributed by atoms with Gasteiger partial charge in [0.2, 0.25) is 0 Å². The largest absolute Gasteiger partial charge is 0.457 e. The van der Waals surface area contributed by atoms with Crippen LogP contribution in [0.1, 0.15) is 21.5 Å². The van der Waals surface area contributed by atoms with Gasteiger partial charge in [0.1, 0.15) is 11.5 Å². The number of fused-ring (bicyclic) bond motifs is 1. The number of benzene rings is 3. The number of anilines is 1. The highest BCUT2D eigenvalue weighted by atomic mass is 35.5. The van der Waals surface area contributed by atoms with E-state index in [1.54, 1.807) is 36.4 Å². The Kier molecular flexibility index (Phi) is 5.73. The molecule has 3 aromatic carbocycles. The van der Waals surface area contributed by atoms with Crippen molar-refractivity contribution in [1.29, 1.82) is 0 Å². The van der Waals surface area contributed by atoms with Crippen LogP contribution in [0, 0.1) is 0 Å². The summed E-state index contributed by atoms with van der Waals surface area (Å²) < 4.78 is 33.2. The van der Waals surface area contributed by atoms with E-state index >= 15 is 0 Å². The monoisotopic (exact) mass is 461 g/mol. The van der Waals surface area contributed by atoms with E-state index in [1.165, 1.54) is 22.5 Å². The molecule has 0 atom stereocenters. The highest BCUT2D eigenvalue weighted by molar-refractivity contribution is 7.93. The van der Waals surface area contributed by atoms with Gasteiger partial charge in [-0.3, -0.25) is 4.31 Å². The smallest absolute Gasteiger partial charge is 0.338 e. The summed E-state index contributed by atoms with van der Waals surface area (Å²) in [4.78, 5) is 12.4. The van der Waals surface area contributed by atoms with E-state index in [9.17, 15) is 13.2 Å². The van der Waals surface area contributed by atoms with Crippen LogP contribution in [0.2, 0.25) is 10.0 Å². The van der Waals surface area contributed by atoms with Crippen LogP contribution in [0.5, 0.6) is 0 Å². The number of ether oxygens (including phenoxy) is 1. The van der Waals surface area contributed by atoms with Crippen LogP contribution in [0.3, 0.4) is 0 Å². The van der Waals surface area contributed by atoms with Gasteiger partial charge in [-0.25, -0.2) is 13.2 Å². The Hall–Kier alpha value is -2.54. The second-order valence-electron chi connectivity index (χ2n) is 6.81. The minimum Gasteiger partial charge on any atom is -0.457 e. The average molecular weight is 462 g/mol. The summed E-state index contributed by atoms with van der Waals surface area (Å²) in [6.07, 6.45) is 0.619. The Morgan fingerprint density at radius 2 is 1.80 bits per heavy atom. The minimum atomic E-state index is -3.94. The highest BCUT2D eigenvalue weighted by Gasteiger charge is 2.32. The first-order valence-corrected chi connectivity index (χ1v) is 11.4. The molecule has 1 heterocycles. The second kappa shape index (κ2) is 8.30. The molecule has 0 N–H and O–H groups in total. The van der Waals surface area contributed by atoms with Gasteiger partial charge in [-0.1, -0.05) is 53.5 Å². The topological polar surface area (TPSA) is 63.7 Å². The fourth-order valence-electron chi connectivity index (χ4n) is 3.36. The summed E-state index contributed by atoms with van der Waals surface area (Å²) in [5.41, 5.74) is 2.41. The summed E-state index contributed by atoms with van der Waals surface area (Å²) in [7, 11) is -3.94. The van der Waals surface area contributed by atoms with Crippen molar-refractivity contribution in [3.8, 4) is 0 Å². The molecule has 0 bridgehead atoms. The van der Waals surface area contributed by atoms with E-state index in [4.69, 9.17) is 27.9 Å². The van der Waals surface area contributed by atoms with Gasteiger partial charge in [-0.15, -0.1) is 0 Å². The fourth-order valence-corrected chi connectivity index (χ4v) is 5.58. The molecule has 1 aliphatic heterocycles. The third-order valence-corrected chi connectivity index (χ3v) is 7.37. The van der Waals surface area contributed by atoms with Crippen molar-refractivity contribution in [2.45, 2.75) is 17.9 Å². The summed E-state index contributed by atoms with van der Waals surface area (Å²) in [6.45, 7) is 0.338. The number of carbonyl (C=O) groups excluding carboxylic acids is 1. The van der Waals surface area contributed by atoms with Crippen LogP contribution in [0.25, 0.3) is 0 Å². The van der Waals surface area contributed by atoms with Gasteiger partial charge in [0.25, 0.3) is 10.0 Å². The number of rotatable bonds is 5. The van der Waals surface area contributed by atoms with E-state index in [-0.39, 0.29) is 22.1 Å². The Morgan fingerprint density at radius 1 is 1.00 bits per heavy atom. The molecule has 5 nitrogen and oxygen atoms in total. The van der Waals surface area contributed by atoms with Crippen molar-refractivity contribution in [3.63, 3.8) is 0 Å². The maximum absolute atomic E-state index is 13.3. The van der Waals surface area contributed by atoms with Crippen molar-refractivity contribution in [2.75, 3.05) is 10.8 Å². The third kappa shape index (κ3) is 4.03. The van der Waals surface area contributed by atoms with Crippen LogP contribution < -0.4 is 4.31 Å². The predicted octanol–water partition coefficient (Wildman–Crippen LogP) is 5.10. The number of nitrogens with zero attached hydrogens (tertiary/aromatic N) is 1. The molecule has 0 spiro atoms. The molecule has 8 heteroatoms. The lowest BCUT2D eigenvalue weighted by Crippen LogP contribution is -2.29. The molecule has 0 unspecified atom stereocenters. The average Bonchev–Trinajstić information content (AvgIpc) is 3.17. The quantitative estimate of drug-likeness (QED) is 0.495. The van der Waals surface area contributed by atoms with Crippen LogP contribution in [-0.2, 0) is 27.8 Å². The van der Waals surface area contributed by atoms with Crippen LogP contribution >= 0.6 is 23.2 Å². The SMILES string of the molecule is O=C(OCc1cccc(Cl)c1)c1ccc(Cl)c(S(=O)(=O)N2CCc3ccccc32)c1. The van der Waals surface area contributed by atoms with Gasteiger partial charge in [-0.05, 0) is 53.9 Å². The molecular formula is C22H17Cl2NO4S. The van der Waals surface area contributed by atoms with E-state index in [0.29, 0.717) is 23.7 Å². The van der Waals surface area contributed by atoms with E-state index in [2.05, 4.69) is 0 Å². The molecule has 0 saturated carbocycles. The molecule has 154 valence electrons. The van der Waals surface area contributed by atoms with E-state index < -0.39 is 16.0 Å². The summed E-state index contributed by atoms with van der Waals surface area (Å²) >= 11 is 12.1. The van der Waals surface area contributed by atoms with Gasteiger partial charge in [-0.2, -0.15) is 0 Å². The number of hydrogen-bond acceptors (Lipinski definition) is 4. The Bertz CT molecular complexity index is 1230. The van der Waals surface area contributed by atoms with Crippen molar-refractivity contribution in [3.05, 3.63) is 93.5 Å². The molecule has 0 amide bonds. The molecule has 30 heavy (non-hydrogen) atoms. The number of carbonyl (C=O) groups is 1. The maximum Gasteiger partial charge on any atom is 0.338 e. The first-order chi connectivity index (χ1) is 14.4. The lowest BCUT2D eigenvalue weighted by atomic mass is 10.2. The van der Waals surface area contributed by atoms with Gasteiger partial charge in [0, 0.05) is 11.6 Å². The van der Waals surface area contributed by atoms with Crippen molar-refractivity contribution in [2.24, 2.45) is 0 Å². The Balaban J connectivity index is 1.59. The number of halogens is 2. The molecule has 4 rings (SSSR count). The molecule has 0 aromatic heterocycles. The van der Waals surface area contributed by atoms with Crippen molar-refractivity contribution >= 4 is 44.9 Å². The van der Waals surface area contributed by atoms with Gasteiger partial charge >= 0.3 is 5.97 Å². The third-order valence-electron chi connectivity index (χ3n) is 4.84. The van der Waals surface area contributed by atoms with Crippen LogP contribution in [0.15, 0.2) is 71.6 Å². The zero-order chi connectivity index (χ0) is 21.3. The van der Waals surface area contributed by atoms with Gasteiger partial charge < -0.3 is 4.74 Å². The van der Waals surface area contributed by atoms with Crippen LogP contribution in [0.4, 0.5) is 5.69 Å². The first-order valence-electron chi connectivity index (χ1n) is 9.18. The maximum atomic E-state index is 13.3. The first kappa shape index (κ1) is 20.7. The molecule has 0 radical (unpaired) electrons. The van der Waals surface area contributed by atoms with Crippen molar-refractivity contribution < 1.29 is 17.9 Å². The predicted molar refractivity (Wildman–Crippen MR) is 117 cm³/mol. The van der Waals surface area contributed by atoms with E-state index in [0.717, 1.165) is 11.1 Å². The molecule has 1 aliphatic rings. The minimum absolute atomic E-state index is 0.0175. The lowest BCUT2D eigenvalue weighted by Gasteiger charge is -2.20. The molecule has 3 aromatic rings. The number of hydrogen-bond donors (Lipinski definition) is 0. The second-order valence-corrected chi connectivity index (χ2v) is 9.48. The fraction of sp³-hybridized carbons (Fsp3) is 0.136. The van der Waals surface area contributed by atoms with Gasteiger partial charge in [0.05, 0.1) is 16.3 Å². The Morgan fingerprint density at radius 3 is 2.60 bits per heavy atom. The van der Waals surface area contributed by atoms with Crippen LogP contribution in [-0.4, -0.2) is 20.9 Å².